The van der Waals surface area contributed by atoms with Crippen LogP contribution in [0.15, 0.2) is 24.3 Å². The third kappa shape index (κ3) is 4.14. The van der Waals surface area contributed by atoms with Gasteiger partial charge < -0.3 is 15.5 Å². The van der Waals surface area contributed by atoms with Crippen LogP contribution in [0.4, 0.5) is 11.4 Å². The highest BCUT2D eigenvalue weighted by Crippen LogP contribution is 2.15. The van der Waals surface area contributed by atoms with Crippen molar-refractivity contribution in [3.05, 3.63) is 34.4 Å². The van der Waals surface area contributed by atoms with Gasteiger partial charge in [-0.2, -0.15) is 0 Å². The second-order valence-corrected chi connectivity index (χ2v) is 5.39. The van der Waals surface area contributed by atoms with Gasteiger partial charge in [-0.15, -0.1) is 0 Å². The molecule has 1 aromatic rings. The Morgan fingerprint density at radius 2 is 1.95 bits per heavy atom. The highest BCUT2D eigenvalue weighted by atomic mass is 32.1. The van der Waals surface area contributed by atoms with Gasteiger partial charge in [0.2, 0.25) is 0 Å². The third-order valence-corrected chi connectivity index (χ3v) is 3.61. The Morgan fingerprint density at radius 3 is 2.50 bits per heavy atom. The number of benzene rings is 1. The molecular weight excluding hydrogens is 276 g/mol. The molecule has 0 radical (unpaired) electrons. The molecule has 1 fully saturated rings. The molecule has 0 atom stereocenters. The highest BCUT2D eigenvalue weighted by Gasteiger charge is 2.17. The quantitative estimate of drug-likeness (QED) is 0.504. The molecule has 1 heterocycles. The molecule has 0 saturated carbocycles. The molecule has 0 aliphatic carbocycles. The Balaban J connectivity index is 1.83. The average Bonchev–Trinajstić information content (AvgIpc) is 2.42. The molecule has 6 nitrogen and oxygen atoms in total. The van der Waals surface area contributed by atoms with Crippen LogP contribution in [-0.2, 0) is 0 Å². The molecule has 0 bridgehead atoms. The number of thiocarbonyl (C=S) groups is 1. The minimum atomic E-state index is -0.418. The van der Waals surface area contributed by atoms with E-state index in [0.717, 1.165) is 31.6 Å². The number of nitrogens with one attached hydrogen (secondary N) is 2. The van der Waals surface area contributed by atoms with Crippen molar-refractivity contribution in [3.63, 3.8) is 0 Å². The van der Waals surface area contributed by atoms with E-state index >= 15 is 0 Å². The van der Waals surface area contributed by atoms with Crippen molar-refractivity contribution < 1.29 is 4.92 Å². The van der Waals surface area contributed by atoms with Crippen LogP contribution in [0.2, 0.25) is 0 Å². The monoisotopic (exact) mass is 294 g/mol. The maximum absolute atomic E-state index is 10.6. The smallest absolute Gasteiger partial charge is 0.269 e. The fraction of sp³-hybridized carbons (Fsp3) is 0.462. The minimum Gasteiger partial charge on any atom is -0.360 e. The molecule has 7 heteroatoms. The lowest BCUT2D eigenvalue weighted by molar-refractivity contribution is -0.384. The summed E-state index contributed by atoms with van der Waals surface area (Å²) in [6.07, 6.45) is 2.14. The molecule has 108 valence electrons. The molecule has 0 spiro atoms. The van der Waals surface area contributed by atoms with Gasteiger partial charge in [-0.05, 0) is 57.3 Å². The number of nitro benzene ring substituents is 1. The molecule has 1 aromatic carbocycles. The lowest BCUT2D eigenvalue weighted by Gasteiger charge is -2.30. The number of likely N-dealkylation sites (tertiary alicyclic amines) is 1. The lowest BCUT2D eigenvalue weighted by atomic mass is 10.1. The van der Waals surface area contributed by atoms with Crippen LogP contribution in [0.5, 0.6) is 0 Å². The summed E-state index contributed by atoms with van der Waals surface area (Å²) in [5.74, 6) is 0. The number of hydrogen-bond acceptors (Lipinski definition) is 4. The highest BCUT2D eigenvalue weighted by molar-refractivity contribution is 7.80. The van der Waals surface area contributed by atoms with Crippen LogP contribution in [0.1, 0.15) is 12.8 Å². The van der Waals surface area contributed by atoms with Crippen LogP contribution in [0.3, 0.4) is 0 Å². The summed E-state index contributed by atoms with van der Waals surface area (Å²) in [5.41, 5.74) is 0.825. The Bertz CT molecular complexity index is 484. The molecule has 1 aliphatic rings. The van der Waals surface area contributed by atoms with Crippen molar-refractivity contribution in [1.29, 1.82) is 0 Å². The first-order valence-corrected chi connectivity index (χ1v) is 6.96. The van der Waals surface area contributed by atoms with Crippen molar-refractivity contribution in [1.82, 2.24) is 10.2 Å². The summed E-state index contributed by atoms with van der Waals surface area (Å²) < 4.78 is 0. The van der Waals surface area contributed by atoms with Gasteiger partial charge in [-0.25, -0.2) is 0 Å². The normalized spacial score (nSPS) is 16.6. The lowest BCUT2D eigenvalue weighted by Crippen LogP contribution is -2.44. The first-order valence-electron chi connectivity index (χ1n) is 6.55. The van der Waals surface area contributed by atoms with E-state index in [9.17, 15) is 10.1 Å². The van der Waals surface area contributed by atoms with Crippen molar-refractivity contribution in [3.8, 4) is 0 Å². The van der Waals surface area contributed by atoms with Crippen molar-refractivity contribution >= 4 is 28.7 Å². The summed E-state index contributed by atoms with van der Waals surface area (Å²) >= 11 is 5.26. The molecule has 2 rings (SSSR count). The molecule has 0 amide bonds. The topological polar surface area (TPSA) is 70.4 Å². The number of hydrogen-bond donors (Lipinski definition) is 2. The molecule has 20 heavy (non-hydrogen) atoms. The van der Waals surface area contributed by atoms with Gasteiger partial charge >= 0.3 is 0 Å². The third-order valence-electron chi connectivity index (χ3n) is 3.39. The number of nitro groups is 1. The summed E-state index contributed by atoms with van der Waals surface area (Å²) in [4.78, 5) is 12.4. The molecule has 0 aromatic heterocycles. The van der Waals surface area contributed by atoms with Gasteiger partial charge in [0.25, 0.3) is 5.69 Å². The molecular formula is C13H18N4O2S. The maximum atomic E-state index is 10.6. The number of rotatable bonds is 3. The van der Waals surface area contributed by atoms with Gasteiger partial charge in [0.15, 0.2) is 5.11 Å². The van der Waals surface area contributed by atoms with E-state index < -0.39 is 4.92 Å². The van der Waals surface area contributed by atoms with E-state index in [2.05, 4.69) is 22.6 Å². The standard InChI is InChI=1S/C13H18N4O2S/c1-16-8-6-11(7-9-16)15-13(20)14-10-2-4-12(5-3-10)17(18)19/h2-5,11H,6-9H2,1H3,(H2,14,15,20). The largest absolute Gasteiger partial charge is 0.360 e. The van der Waals surface area contributed by atoms with Crippen LogP contribution < -0.4 is 10.6 Å². The molecule has 0 unspecified atom stereocenters. The summed E-state index contributed by atoms with van der Waals surface area (Å²) in [6.45, 7) is 2.13. The summed E-state index contributed by atoms with van der Waals surface area (Å²) in [5, 5.41) is 17.5. The fourth-order valence-corrected chi connectivity index (χ4v) is 2.46. The van der Waals surface area contributed by atoms with E-state index in [1.165, 1.54) is 12.1 Å². The Hall–Kier alpha value is -1.73. The molecule has 1 aliphatic heterocycles. The van der Waals surface area contributed by atoms with E-state index in [4.69, 9.17) is 12.2 Å². The zero-order valence-electron chi connectivity index (χ0n) is 11.3. The number of non-ortho nitro benzene ring substituents is 1. The Kier molecular flexibility index (Phi) is 4.86. The predicted molar refractivity (Wildman–Crippen MR) is 83.0 cm³/mol. The van der Waals surface area contributed by atoms with Crippen LogP contribution in [-0.4, -0.2) is 41.1 Å². The van der Waals surface area contributed by atoms with Gasteiger partial charge in [0, 0.05) is 23.9 Å². The van der Waals surface area contributed by atoms with Gasteiger partial charge in [-0.1, -0.05) is 0 Å². The van der Waals surface area contributed by atoms with Crippen molar-refractivity contribution in [2.24, 2.45) is 0 Å². The number of nitrogens with zero attached hydrogens (tertiary/aromatic N) is 2. The first-order chi connectivity index (χ1) is 9.54. The fourth-order valence-electron chi connectivity index (χ4n) is 2.17. The number of piperidine rings is 1. The second-order valence-electron chi connectivity index (χ2n) is 4.98. The van der Waals surface area contributed by atoms with E-state index in [0.29, 0.717) is 11.2 Å². The summed E-state index contributed by atoms with van der Waals surface area (Å²) in [6, 6.07) is 6.62. The van der Waals surface area contributed by atoms with E-state index in [1.807, 2.05) is 0 Å². The van der Waals surface area contributed by atoms with Gasteiger partial charge in [0.1, 0.15) is 0 Å². The van der Waals surface area contributed by atoms with Crippen LogP contribution in [0, 0.1) is 10.1 Å². The Labute approximate surface area is 123 Å². The number of anilines is 1. The SMILES string of the molecule is CN1CCC(NC(=S)Nc2ccc([N+](=O)[O-])cc2)CC1. The van der Waals surface area contributed by atoms with Gasteiger partial charge in [-0.3, -0.25) is 10.1 Å². The predicted octanol–water partition coefficient (Wildman–Crippen LogP) is 1.98. The Morgan fingerprint density at radius 1 is 1.35 bits per heavy atom. The first kappa shape index (κ1) is 14.7. The maximum Gasteiger partial charge on any atom is 0.269 e. The van der Waals surface area contributed by atoms with Crippen molar-refractivity contribution in [2.75, 3.05) is 25.5 Å². The zero-order chi connectivity index (χ0) is 14.5. The summed E-state index contributed by atoms with van der Waals surface area (Å²) in [7, 11) is 2.11. The van der Waals surface area contributed by atoms with Gasteiger partial charge in [0.05, 0.1) is 4.92 Å². The van der Waals surface area contributed by atoms with E-state index in [-0.39, 0.29) is 5.69 Å². The minimum absolute atomic E-state index is 0.0738. The zero-order valence-corrected chi connectivity index (χ0v) is 12.2. The molecule has 2 N–H and O–H groups in total. The van der Waals surface area contributed by atoms with Crippen LogP contribution in [0.25, 0.3) is 0 Å². The second kappa shape index (κ2) is 6.62. The van der Waals surface area contributed by atoms with E-state index in [1.54, 1.807) is 12.1 Å². The van der Waals surface area contributed by atoms with Crippen LogP contribution >= 0.6 is 12.2 Å². The van der Waals surface area contributed by atoms with Crippen molar-refractivity contribution in [2.45, 2.75) is 18.9 Å². The average molecular weight is 294 g/mol. The molecule has 1 saturated heterocycles.